The predicted octanol–water partition coefficient (Wildman–Crippen LogP) is 1.42. The zero-order valence-electron chi connectivity index (χ0n) is 15.2. The first kappa shape index (κ1) is 21.1. The molecule has 1 saturated carbocycles. The Morgan fingerprint density at radius 3 is 2.41 bits per heavy atom. The molecule has 11 heteroatoms. The first-order valence-corrected chi connectivity index (χ1v) is 8.79. The molecule has 2 aliphatic rings. The van der Waals surface area contributed by atoms with Crippen LogP contribution in [0.2, 0.25) is 0 Å². The third-order valence-electron chi connectivity index (χ3n) is 4.68. The summed E-state index contributed by atoms with van der Waals surface area (Å²) in [7, 11) is 0. The summed E-state index contributed by atoms with van der Waals surface area (Å²) in [6.07, 6.45) is -0.0110. The number of aromatic nitrogens is 3. The van der Waals surface area contributed by atoms with Crippen LogP contribution >= 0.6 is 0 Å². The molecule has 1 aliphatic heterocycles. The highest BCUT2D eigenvalue weighted by Crippen LogP contribution is 2.21. The summed E-state index contributed by atoms with van der Waals surface area (Å²) < 4.78 is 33.6. The molecule has 0 bridgehead atoms. The van der Waals surface area contributed by atoms with E-state index in [2.05, 4.69) is 34.1 Å². The summed E-state index contributed by atoms with van der Waals surface area (Å²) in [6, 6.07) is 0.797. The van der Waals surface area contributed by atoms with E-state index in [0.29, 0.717) is 18.6 Å². The van der Waals surface area contributed by atoms with Gasteiger partial charge in [0.05, 0.1) is 19.0 Å². The molecule has 0 saturated heterocycles. The topological polar surface area (TPSA) is 100 Å². The third-order valence-corrected chi connectivity index (χ3v) is 4.68. The molecule has 0 spiro atoms. The van der Waals surface area contributed by atoms with Crippen molar-refractivity contribution in [2.24, 2.45) is 5.92 Å². The zero-order valence-corrected chi connectivity index (χ0v) is 15.2. The Kier molecular flexibility index (Phi) is 6.79. The van der Waals surface area contributed by atoms with Crippen molar-refractivity contribution in [3.05, 3.63) is 12.2 Å². The molecule has 0 radical (unpaired) electrons. The lowest BCUT2D eigenvalue weighted by molar-refractivity contribution is -0.192. The van der Waals surface area contributed by atoms with Gasteiger partial charge in [-0.15, -0.1) is 0 Å². The monoisotopic (exact) mass is 391 g/mol. The standard InChI is InChI=1S/C14H23N5O.C2HF3O2/c1-10(2)18-6-11(14(20)17-12-4-3-5-12)7-19-13(8-18)15-9-16-19;3-2(4,5)1(6)7/h9-12H,3-8H2,1-2H3,(H,17,20);(H,6,7). The molecule has 152 valence electrons. The normalized spacial score (nSPS) is 20.7. The largest absolute Gasteiger partial charge is 0.490 e. The minimum atomic E-state index is -5.08. The second kappa shape index (κ2) is 8.68. The smallest absolute Gasteiger partial charge is 0.475 e. The van der Waals surface area contributed by atoms with E-state index >= 15 is 0 Å². The fourth-order valence-corrected chi connectivity index (χ4v) is 2.79. The number of nitrogens with zero attached hydrogens (tertiary/aromatic N) is 4. The summed E-state index contributed by atoms with van der Waals surface area (Å²) in [5.41, 5.74) is 0. The highest BCUT2D eigenvalue weighted by Gasteiger charge is 2.38. The summed E-state index contributed by atoms with van der Waals surface area (Å²) in [5, 5.41) is 14.5. The number of carbonyl (C=O) groups is 2. The number of hydrogen-bond donors (Lipinski definition) is 2. The minimum Gasteiger partial charge on any atom is -0.475 e. The molecule has 1 aromatic heterocycles. The molecule has 1 aromatic rings. The Labute approximate surface area is 154 Å². The van der Waals surface area contributed by atoms with E-state index in [1.807, 2.05) is 4.68 Å². The maximum absolute atomic E-state index is 12.5. The Bertz CT molecular complexity index is 658. The molecule has 27 heavy (non-hydrogen) atoms. The van der Waals surface area contributed by atoms with Crippen LogP contribution in [0.1, 0.15) is 38.9 Å². The van der Waals surface area contributed by atoms with Crippen LogP contribution in [0.15, 0.2) is 6.33 Å². The van der Waals surface area contributed by atoms with Crippen LogP contribution in [-0.2, 0) is 22.7 Å². The summed E-state index contributed by atoms with van der Waals surface area (Å²) in [5.74, 6) is -1.67. The van der Waals surface area contributed by atoms with Gasteiger partial charge >= 0.3 is 12.1 Å². The lowest BCUT2D eigenvalue weighted by atomic mass is 9.92. The number of nitrogens with one attached hydrogen (secondary N) is 1. The number of carbonyl (C=O) groups excluding carboxylic acids is 1. The van der Waals surface area contributed by atoms with Crippen molar-refractivity contribution in [2.45, 2.75) is 64.5 Å². The zero-order chi connectivity index (χ0) is 20.2. The van der Waals surface area contributed by atoms with Gasteiger partial charge in [-0.05, 0) is 33.1 Å². The Balaban J connectivity index is 0.000000321. The van der Waals surface area contributed by atoms with Crippen molar-refractivity contribution in [1.82, 2.24) is 25.0 Å². The number of halogens is 3. The van der Waals surface area contributed by atoms with Crippen LogP contribution in [0.3, 0.4) is 0 Å². The van der Waals surface area contributed by atoms with Gasteiger partial charge in [0.25, 0.3) is 0 Å². The number of carboxylic acid groups (broad SMARTS) is 1. The van der Waals surface area contributed by atoms with Crippen molar-refractivity contribution in [1.29, 1.82) is 0 Å². The molecule has 1 fully saturated rings. The van der Waals surface area contributed by atoms with Gasteiger partial charge in [0.2, 0.25) is 5.91 Å². The van der Waals surface area contributed by atoms with E-state index in [1.54, 1.807) is 6.33 Å². The molecule has 1 atom stereocenters. The highest BCUT2D eigenvalue weighted by atomic mass is 19.4. The number of hydrogen-bond acceptors (Lipinski definition) is 5. The number of rotatable bonds is 3. The number of alkyl halides is 3. The van der Waals surface area contributed by atoms with Gasteiger partial charge in [-0.2, -0.15) is 18.3 Å². The average Bonchev–Trinajstić information content (AvgIpc) is 2.87. The molecule has 2 heterocycles. The quantitative estimate of drug-likeness (QED) is 0.808. The number of fused-ring (bicyclic) bond motifs is 1. The molecule has 2 N–H and O–H groups in total. The number of aliphatic carboxylic acids is 1. The average molecular weight is 391 g/mol. The lowest BCUT2D eigenvalue weighted by Gasteiger charge is -2.30. The van der Waals surface area contributed by atoms with Gasteiger partial charge in [-0.1, -0.05) is 0 Å². The van der Waals surface area contributed by atoms with Crippen LogP contribution in [0, 0.1) is 5.92 Å². The van der Waals surface area contributed by atoms with E-state index in [4.69, 9.17) is 9.90 Å². The van der Waals surface area contributed by atoms with Crippen molar-refractivity contribution in [3.63, 3.8) is 0 Å². The van der Waals surface area contributed by atoms with E-state index in [9.17, 15) is 18.0 Å². The van der Waals surface area contributed by atoms with Crippen LogP contribution in [0.4, 0.5) is 13.2 Å². The first-order chi connectivity index (χ1) is 12.6. The van der Waals surface area contributed by atoms with E-state index in [1.165, 1.54) is 6.42 Å². The van der Waals surface area contributed by atoms with Crippen LogP contribution in [-0.4, -0.2) is 61.5 Å². The van der Waals surface area contributed by atoms with Gasteiger partial charge in [-0.3, -0.25) is 9.69 Å². The van der Waals surface area contributed by atoms with Crippen LogP contribution < -0.4 is 5.32 Å². The number of carboxylic acids is 1. The highest BCUT2D eigenvalue weighted by molar-refractivity contribution is 5.79. The molecule has 1 unspecified atom stereocenters. The Morgan fingerprint density at radius 2 is 1.93 bits per heavy atom. The molecular weight excluding hydrogens is 367 g/mol. The Hall–Kier alpha value is -2.17. The van der Waals surface area contributed by atoms with Crippen molar-refractivity contribution in [2.75, 3.05) is 6.54 Å². The van der Waals surface area contributed by atoms with E-state index in [0.717, 1.165) is 31.8 Å². The van der Waals surface area contributed by atoms with Crippen molar-refractivity contribution in [3.8, 4) is 0 Å². The van der Waals surface area contributed by atoms with Gasteiger partial charge in [0.15, 0.2) is 0 Å². The SMILES string of the molecule is CC(C)N1Cc2ncnn2CC(C(=O)NC2CCC2)C1.O=C(O)C(F)(F)F. The summed E-state index contributed by atoms with van der Waals surface area (Å²) in [6.45, 7) is 6.50. The van der Waals surface area contributed by atoms with Gasteiger partial charge < -0.3 is 10.4 Å². The third kappa shape index (κ3) is 5.91. The van der Waals surface area contributed by atoms with Gasteiger partial charge in [0, 0.05) is 18.6 Å². The second-order valence-corrected chi connectivity index (χ2v) is 7.02. The molecule has 1 aliphatic carbocycles. The summed E-state index contributed by atoms with van der Waals surface area (Å²) in [4.78, 5) is 28.0. The van der Waals surface area contributed by atoms with E-state index in [-0.39, 0.29) is 11.8 Å². The Morgan fingerprint density at radius 1 is 1.30 bits per heavy atom. The first-order valence-electron chi connectivity index (χ1n) is 8.79. The molecule has 1 amide bonds. The molecular formula is C16H24F3N5O3. The van der Waals surface area contributed by atoms with Gasteiger partial charge in [-0.25, -0.2) is 14.5 Å². The lowest BCUT2D eigenvalue weighted by Crippen LogP contribution is -2.46. The van der Waals surface area contributed by atoms with Crippen molar-refractivity contribution >= 4 is 11.9 Å². The fourth-order valence-electron chi connectivity index (χ4n) is 2.79. The van der Waals surface area contributed by atoms with E-state index < -0.39 is 12.1 Å². The fraction of sp³-hybridized carbons (Fsp3) is 0.750. The molecule has 8 nitrogen and oxygen atoms in total. The van der Waals surface area contributed by atoms with Gasteiger partial charge in [0.1, 0.15) is 12.2 Å². The maximum atomic E-state index is 12.5. The second-order valence-electron chi connectivity index (χ2n) is 7.02. The number of amides is 1. The summed E-state index contributed by atoms with van der Waals surface area (Å²) >= 11 is 0. The van der Waals surface area contributed by atoms with Crippen molar-refractivity contribution < 1.29 is 27.9 Å². The molecule has 0 aromatic carbocycles. The minimum absolute atomic E-state index is 0.0408. The van der Waals surface area contributed by atoms with Crippen LogP contribution in [0.5, 0.6) is 0 Å². The predicted molar refractivity (Wildman–Crippen MR) is 88.5 cm³/mol. The van der Waals surface area contributed by atoms with Crippen LogP contribution in [0.25, 0.3) is 0 Å². The molecule has 3 rings (SSSR count). The maximum Gasteiger partial charge on any atom is 0.490 e.